The van der Waals surface area contributed by atoms with Crippen molar-refractivity contribution >= 4 is 0 Å². The Morgan fingerprint density at radius 1 is 1.10 bits per heavy atom. The van der Waals surface area contributed by atoms with Gasteiger partial charge in [0.05, 0.1) is 5.56 Å². The molecule has 1 aliphatic carbocycles. The molecule has 1 nitrogen and oxygen atoms in total. The van der Waals surface area contributed by atoms with E-state index >= 15 is 0 Å². The summed E-state index contributed by atoms with van der Waals surface area (Å²) in [6.07, 6.45) is 1.92. The molecule has 0 radical (unpaired) electrons. The summed E-state index contributed by atoms with van der Waals surface area (Å²) in [7, 11) is 0. The highest BCUT2D eigenvalue weighted by Gasteiger charge is 2.32. The molecule has 0 unspecified atom stereocenters. The van der Waals surface area contributed by atoms with Crippen molar-refractivity contribution in [1.29, 1.82) is 0 Å². The van der Waals surface area contributed by atoms with E-state index in [1.807, 2.05) is 0 Å². The van der Waals surface area contributed by atoms with E-state index in [0.29, 0.717) is 12.1 Å². The van der Waals surface area contributed by atoms with Crippen molar-refractivity contribution in [1.82, 2.24) is 5.32 Å². The number of halogens is 3. The van der Waals surface area contributed by atoms with Crippen molar-refractivity contribution in [3.8, 4) is 0 Å². The lowest BCUT2D eigenvalue weighted by Crippen LogP contribution is -2.22. The predicted molar refractivity (Wildman–Crippen MR) is 78.9 cm³/mol. The first-order chi connectivity index (χ1) is 9.97. The van der Waals surface area contributed by atoms with Gasteiger partial charge in [-0.3, -0.25) is 0 Å². The van der Waals surface area contributed by atoms with Gasteiger partial charge in [-0.25, -0.2) is 0 Å². The molecule has 0 heterocycles. The van der Waals surface area contributed by atoms with Crippen molar-refractivity contribution in [2.45, 2.75) is 51.7 Å². The first-order valence-electron chi connectivity index (χ1n) is 7.82. The molecule has 1 fully saturated rings. The summed E-state index contributed by atoms with van der Waals surface area (Å²) < 4.78 is 38.6. The number of rotatable bonds is 5. The molecule has 0 atom stereocenters. The van der Waals surface area contributed by atoms with Crippen LogP contribution in [-0.4, -0.2) is 6.54 Å². The molecule has 0 aromatic heterocycles. The summed E-state index contributed by atoms with van der Waals surface area (Å²) in [4.78, 5) is 0. The zero-order valence-corrected chi connectivity index (χ0v) is 12.5. The third-order valence-corrected chi connectivity index (χ3v) is 4.50. The van der Waals surface area contributed by atoms with Crippen LogP contribution < -0.4 is 5.32 Å². The second kappa shape index (κ2) is 7.30. The van der Waals surface area contributed by atoms with Crippen LogP contribution >= 0.6 is 0 Å². The van der Waals surface area contributed by atoms with Gasteiger partial charge in [0.1, 0.15) is 0 Å². The molecule has 1 aromatic carbocycles. The Kier molecular flexibility index (Phi) is 5.68. The molecule has 0 aliphatic heterocycles. The number of benzene rings is 1. The number of hydrogen-bond donors (Lipinski definition) is 1. The Hall–Kier alpha value is -1.03. The molecular formula is C17H24F3N. The van der Waals surface area contributed by atoms with E-state index in [-0.39, 0.29) is 0 Å². The molecular weight excluding hydrogens is 275 g/mol. The minimum atomic E-state index is -4.27. The lowest BCUT2D eigenvalue weighted by Gasteiger charge is -2.26. The van der Waals surface area contributed by atoms with Gasteiger partial charge in [0, 0.05) is 6.54 Å². The molecule has 1 N–H and O–H groups in total. The van der Waals surface area contributed by atoms with Crippen molar-refractivity contribution < 1.29 is 13.2 Å². The fourth-order valence-electron chi connectivity index (χ4n) is 3.10. The molecule has 0 amide bonds. The van der Waals surface area contributed by atoms with Crippen LogP contribution in [0.2, 0.25) is 0 Å². The number of nitrogens with one attached hydrogen (secondary N) is 1. The van der Waals surface area contributed by atoms with E-state index < -0.39 is 11.7 Å². The molecule has 4 heteroatoms. The van der Waals surface area contributed by atoms with Gasteiger partial charge in [-0.2, -0.15) is 13.2 Å². The molecule has 1 saturated carbocycles. The summed E-state index contributed by atoms with van der Waals surface area (Å²) in [5.74, 6) is 1.58. The SMILES string of the molecule is CC1CCC(CCNCc2ccccc2C(F)(F)F)CC1. The van der Waals surface area contributed by atoms with Crippen molar-refractivity contribution in [2.24, 2.45) is 11.8 Å². The lowest BCUT2D eigenvalue weighted by atomic mass is 9.81. The van der Waals surface area contributed by atoms with Crippen LogP contribution in [0.5, 0.6) is 0 Å². The first kappa shape index (κ1) is 16.3. The Morgan fingerprint density at radius 2 is 1.76 bits per heavy atom. The van der Waals surface area contributed by atoms with Crippen LogP contribution in [0.3, 0.4) is 0 Å². The van der Waals surface area contributed by atoms with Crippen LogP contribution in [-0.2, 0) is 12.7 Å². The third-order valence-electron chi connectivity index (χ3n) is 4.50. The minimum Gasteiger partial charge on any atom is -0.313 e. The lowest BCUT2D eigenvalue weighted by molar-refractivity contribution is -0.138. The fraction of sp³-hybridized carbons (Fsp3) is 0.647. The first-order valence-corrected chi connectivity index (χ1v) is 7.82. The molecule has 1 aromatic rings. The van der Waals surface area contributed by atoms with Gasteiger partial charge in [0.2, 0.25) is 0 Å². The molecule has 0 bridgehead atoms. The van der Waals surface area contributed by atoms with Gasteiger partial charge >= 0.3 is 6.18 Å². The maximum atomic E-state index is 12.9. The Balaban J connectivity index is 1.76. The quantitative estimate of drug-likeness (QED) is 0.753. The highest BCUT2D eigenvalue weighted by atomic mass is 19.4. The van der Waals surface area contributed by atoms with Gasteiger partial charge in [0.25, 0.3) is 0 Å². The standard InChI is InChI=1S/C17H24F3N/c1-13-6-8-14(9-7-13)10-11-21-12-15-4-2-3-5-16(15)17(18,19)20/h2-5,13-14,21H,6-12H2,1H3. The Morgan fingerprint density at radius 3 is 2.43 bits per heavy atom. The smallest absolute Gasteiger partial charge is 0.313 e. The van der Waals surface area contributed by atoms with Gasteiger partial charge in [-0.15, -0.1) is 0 Å². The van der Waals surface area contributed by atoms with Gasteiger partial charge in [0.15, 0.2) is 0 Å². The number of alkyl halides is 3. The highest BCUT2D eigenvalue weighted by Crippen LogP contribution is 2.32. The summed E-state index contributed by atoms with van der Waals surface area (Å²) in [5, 5.41) is 3.17. The Bertz CT molecular complexity index is 434. The zero-order valence-electron chi connectivity index (χ0n) is 12.5. The van der Waals surface area contributed by atoms with Crippen LogP contribution in [0.1, 0.15) is 50.2 Å². The van der Waals surface area contributed by atoms with Crippen molar-refractivity contribution in [3.63, 3.8) is 0 Å². The van der Waals surface area contributed by atoms with E-state index in [0.717, 1.165) is 30.9 Å². The fourth-order valence-corrected chi connectivity index (χ4v) is 3.10. The molecule has 118 valence electrons. The summed E-state index contributed by atoms with van der Waals surface area (Å²) in [5.41, 5.74) is -0.189. The van der Waals surface area contributed by atoms with Crippen LogP contribution in [0.15, 0.2) is 24.3 Å². The summed E-state index contributed by atoms with van der Waals surface area (Å²) >= 11 is 0. The van der Waals surface area contributed by atoms with Crippen LogP contribution in [0.25, 0.3) is 0 Å². The summed E-state index contributed by atoms with van der Waals surface area (Å²) in [6, 6.07) is 5.81. The largest absolute Gasteiger partial charge is 0.416 e. The van der Waals surface area contributed by atoms with Crippen LogP contribution in [0.4, 0.5) is 13.2 Å². The van der Waals surface area contributed by atoms with Crippen LogP contribution in [0, 0.1) is 11.8 Å². The van der Waals surface area contributed by atoms with Gasteiger partial charge in [-0.05, 0) is 36.4 Å². The van der Waals surface area contributed by atoms with E-state index in [9.17, 15) is 13.2 Å². The predicted octanol–water partition coefficient (Wildman–Crippen LogP) is 5.01. The minimum absolute atomic E-state index is 0.290. The van der Waals surface area contributed by atoms with E-state index in [1.165, 1.54) is 31.7 Å². The summed E-state index contributed by atoms with van der Waals surface area (Å²) in [6.45, 7) is 3.38. The van der Waals surface area contributed by atoms with E-state index in [2.05, 4.69) is 12.2 Å². The van der Waals surface area contributed by atoms with E-state index in [4.69, 9.17) is 0 Å². The zero-order chi connectivity index (χ0) is 15.3. The molecule has 1 aliphatic rings. The van der Waals surface area contributed by atoms with Crippen molar-refractivity contribution in [2.75, 3.05) is 6.54 Å². The maximum Gasteiger partial charge on any atom is 0.416 e. The van der Waals surface area contributed by atoms with Crippen molar-refractivity contribution in [3.05, 3.63) is 35.4 Å². The average Bonchev–Trinajstić information content (AvgIpc) is 2.45. The monoisotopic (exact) mass is 299 g/mol. The van der Waals surface area contributed by atoms with E-state index in [1.54, 1.807) is 12.1 Å². The normalized spacial score (nSPS) is 23.2. The maximum absolute atomic E-state index is 12.9. The highest BCUT2D eigenvalue weighted by molar-refractivity contribution is 5.29. The molecule has 21 heavy (non-hydrogen) atoms. The molecule has 2 rings (SSSR count). The topological polar surface area (TPSA) is 12.0 Å². The Labute approximate surface area is 124 Å². The molecule has 0 saturated heterocycles. The second-order valence-electron chi connectivity index (χ2n) is 6.25. The second-order valence-corrected chi connectivity index (χ2v) is 6.25. The van der Waals surface area contributed by atoms with Gasteiger partial charge in [-0.1, -0.05) is 50.8 Å². The average molecular weight is 299 g/mol. The van der Waals surface area contributed by atoms with Gasteiger partial charge < -0.3 is 5.32 Å². The number of hydrogen-bond acceptors (Lipinski definition) is 1. The molecule has 0 spiro atoms. The third kappa shape index (κ3) is 5.03.